The van der Waals surface area contributed by atoms with Gasteiger partial charge in [-0.3, -0.25) is 0 Å². The van der Waals surface area contributed by atoms with Crippen LogP contribution in [0.5, 0.6) is 0 Å². The van der Waals surface area contributed by atoms with Gasteiger partial charge in [0.15, 0.2) is 0 Å². The molecule has 1 heterocycles. The predicted octanol–water partition coefficient (Wildman–Crippen LogP) is 6.54. The van der Waals surface area contributed by atoms with E-state index in [4.69, 9.17) is 13.7 Å². The smallest absolute Gasteiger partial charge is 0.410 e. The predicted molar refractivity (Wildman–Crippen MR) is 152 cm³/mol. The second-order valence-corrected chi connectivity index (χ2v) is 16.7. The lowest BCUT2D eigenvalue weighted by atomic mass is 9.77. The molecule has 3 aliphatic rings. The van der Waals surface area contributed by atoms with Crippen LogP contribution in [0, 0.1) is 11.8 Å². The highest BCUT2D eigenvalue weighted by molar-refractivity contribution is 6.99. The van der Waals surface area contributed by atoms with Crippen molar-refractivity contribution < 1.29 is 13.7 Å². The van der Waals surface area contributed by atoms with Crippen LogP contribution >= 0.6 is 0 Å². The van der Waals surface area contributed by atoms with E-state index in [0.717, 1.165) is 0 Å². The van der Waals surface area contributed by atoms with Crippen LogP contribution in [0.4, 0.5) is 0 Å². The summed E-state index contributed by atoms with van der Waals surface area (Å²) >= 11 is 0. The quantitative estimate of drug-likeness (QED) is 0.401. The molecule has 0 bridgehead atoms. The van der Waals surface area contributed by atoms with Crippen molar-refractivity contribution in [3.05, 3.63) is 60.7 Å². The maximum absolute atomic E-state index is 7.21. The van der Waals surface area contributed by atoms with Gasteiger partial charge in [0.25, 0.3) is 8.32 Å². The van der Waals surface area contributed by atoms with Crippen molar-refractivity contribution >= 4 is 25.8 Å². The fourth-order valence-corrected chi connectivity index (χ4v) is 11.8. The summed E-state index contributed by atoms with van der Waals surface area (Å²) in [5, 5.41) is 2.59. The van der Waals surface area contributed by atoms with Crippen LogP contribution in [0.25, 0.3) is 0 Å². The van der Waals surface area contributed by atoms with Crippen molar-refractivity contribution in [1.82, 2.24) is 0 Å². The molecule has 0 N–H and O–H groups in total. The van der Waals surface area contributed by atoms with E-state index < -0.39 is 8.32 Å². The summed E-state index contributed by atoms with van der Waals surface area (Å²) in [5.74, 6) is 1.28. The summed E-state index contributed by atoms with van der Waals surface area (Å²) in [6, 6.07) is 21.8. The molecule has 0 unspecified atom stereocenters. The van der Waals surface area contributed by atoms with Gasteiger partial charge in [0.05, 0.1) is 18.7 Å². The van der Waals surface area contributed by atoms with Gasteiger partial charge in [-0.05, 0) is 52.9 Å². The van der Waals surface area contributed by atoms with Crippen molar-refractivity contribution in [3.8, 4) is 0 Å². The molecule has 2 atom stereocenters. The van der Waals surface area contributed by atoms with Crippen LogP contribution in [0.2, 0.25) is 5.04 Å². The van der Waals surface area contributed by atoms with Crippen molar-refractivity contribution in [2.24, 2.45) is 11.8 Å². The molecule has 2 aliphatic carbocycles. The summed E-state index contributed by atoms with van der Waals surface area (Å²) in [6.45, 7) is 7.52. The molecule has 2 aromatic rings. The Hall–Kier alpha value is -1.40. The van der Waals surface area contributed by atoms with Gasteiger partial charge in [-0.2, -0.15) is 0 Å². The zero-order valence-corrected chi connectivity index (χ0v) is 23.7. The molecular weight excluding hydrogens is 459 g/mol. The van der Waals surface area contributed by atoms with E-state index >= 15 is 0 Å². The minimum Gasteiger partial charge on any atom is -0.410 e. The second kappa shape index (κ2) is 11.6. The fourth-order valence-electron chi connectivity index (χ4n) is 7.25. The van der Waals surface area contributed by atoms with Crippen LogP contribution in [-0.2, 0) is 13.7 Å². The van der Waals surface area contributed by atoms with Crippen LogP contribution in [0.15, 0.2) is 60.7 Å². The third-order valence-corrected chi connectivity index (χ3v) is 14.0. The van der Waals surface area contributed by atoms with Crippen LogP contribution in [-0.4, -0.2) is 34.1 Å². The lowest BCUT2D eigenvalue weighted by Gasteiger charge is -2.43. The number of hydrogen-bond acceptors (Lipinski definition) is 3. The summed E-state index contributed by atoms with van der Waals surface area (Å²) in [5.41, 5.74) is 0. The molecule has 5 rings (SSSR count). The molecule has 0 radical (unpaired) electrons. The van der Waals surface area contributed by atoms with Gasteiger partial charge in [-0.15, -0.1) is 0 Å². The number of benzene rings is 2. The van der Waals surface area contributed by atoms with Gasteiger partial charge in [-0.1, -0.05) is 120 Å². The summed E-state index contributed by atoms with van der Waals surface area (Å²) in [6.07, 6.45) is 13.7. The highest BCUT2D eigenvalue weighted by Gasteiger charge is 2.53. The molecule has 3 fully saturated rings. The molecule has 2 aromatic carbocycles. The normalized spacial score (nSPS) is 24.8. The maximum Gasteiger partial charge on any atom is 0.483 e. The summed E-state index contributed by atoms with van der Waals surface area (Å²) in [4.78, 5) is 0. The molecule has 5 heteroatoms. The SMILES string of the molecule is CC(C)(C)[Si](OCB1O[C@@H](C2CCCCC2)[C@H](C2CCCCC2)O1)(c1ccccc1)c1ccccc1. The van der Waals surface area contributed by atoms with Crippen LogP contribution < -0.4 is 10.4 Å². The zero-order valence-electron chi connectivity index (χ0n) is 22.7. The third kappa shape index (κ3) is 5.41. The molecule has 1 aliphatic heterocycles. The molecule has 194 valence electrons. The van der Waals surface area contributed by atoms with Gasteiger partial charge in [0.1, 0.15) is 0 Å². The Bertz CT molecular complexity index is 870. The van der Waals surface area contributed by atoms with Crippen LogP contribution in [0.1, 0.15) is 85.0 Å². The first-order valence-corrected chi connectivity index (χ1v) is 16.5. The zero-order chi connectivity index (χ0) is 25.0. The van der Waals surface area contributed by atoms with Gasteiger partial charge in [0, 0.05) is 0 Å². The van der Waals surface area contributed by atoms with E-state index in [1.165, 1.54) is 74.6 Å². The molecule has 1 saturated heterocycles. The molecule has 36 heavy (non-hydrogen) atoms. The lowest BCUT2D eigenvalue weighted by molar-refractivity contribution is 0.0324. The van der Waals surface area contributed by atoms with Crippen molar-refractivity contribution in [1.29, 1.82) is 0 Å². The Labute approximate surface area is 220 Å². The van der Waals surface area contributed by atoms with Gasteiger partial charge >= 0.3 is 7.12 Å². The van der Waals surface area contributed by atoms with E-state index in [1.54, 1.807) is 0 Å². The molecular formula is C31H45BO3Si. The largest absolute Gasteiger partial charge is 0.483 e. The van der Waals surface area contributed by atoms with Crippen LogP contribution in [0.3, 0.4) is 0 Å². The van der Waals surface area contributed by atoms with Crippen molar-refractivity contribution in [2.45, 2.75) is 102 Å². The second-order valence-electron chi connectivity index (χ2n) is 12.4. The summed E-state index contributed by atoms with van der Waals surface area (Å²) in [7, 11) is -2.87. The van der Waals surface area contributed by atoms with Crippen molar-refractivity contribution in [3.63, 3.8) is 0 Å². The van der Waals surface area contributed by atoms with E-state index in [0.29, 0.717) is 18.3 Å². The number of hydrogen-bond donors (Lipinski definition) is 0. The van der Waals surface area contributed by atoms with Gasteiger partial charge < -0.3 is 13.7 Å². The van der Waals surface area contributed by atoms with E-state index in [-0.39, 0.29) is 24.4 Å². The highest BCUT2D eigenvalue weighted by atomic mass is 28.4. The average Bonchev–Trinajstić information content (AvgIpc) is 3.35. The molecule has 2 saturated carbocycles. The fraction of sp³-hybridized carbons (Fsp3) is 0.613. The Morgan fingerprint density at radius 1 is 0.694 bits per heavy atom. The first-order valence-electron chi connectivity index (χ1n) is 14.5. The first-order chi connectivity index (χ1) is 17.5. The minimum absolute atomic E-state index is 0.0418. The maximum atomic E-state index is 7.21. The lowest BCUT2D eigenvalue weighted by Crippen LogP contribution is -2.67. The van der Waals surface area contributed by atoms with Gasteiger partial charge in [-0.25, -0.2) is 0 Å². The summed E-state index contributed by atoms with van der Waals surface area (Å²) < 4.78 is 20.9. The average molecular weight is 505 g/mol. The Morgan fingerprint density at radius 3 is 1.50 bits per heavy atom. The Balaban J connectivity index is 1.41. The Morgan fingerprint density at radius 2 is 1.11 bits per heavy atom. The topological polar surface area (TPSA) is 27.7 Å². The van der Waals surface area contributed by atoms with E-state index in [2.05, 4.69) is 81.4 Å². The first kappa shape index (κ1) is 26.2. The Kier molecular flexibility index (Phi) is 8.41. The van der Waals surface area contributed by atoms with Crippen molar-refractivity contribution in [2.75, 3.05) is 6.51 Å². The molecule has 0 amide bonds. The molecule has 0 spiro atoms. The third-order valence-electron chi connectivity index (χ3n) is 9.02. The molecule has 3 nitrogen and oxygen atoms in total. The monoisotopic (exact) mass is 504 g/mol. The van der Waals surface area contributed by atoms with E-state index in [9.17, 15) is 0 Å². The van der Waals surface area contributed by atoms with Gasteiger partial charge in [0.2, 0.25) is 0 Å². The number of rotatable bonds is 7. The highest BCUT2D eigenvalue weighted by Crippen LogP contribution is 2.41. The van der Waals surface area contributed by atoms with E-state index in [1.807, 2.05) is 0 Å². The minimum atomic E-state index is -2.60. The molecule has 0 aromatic heterocycles. The standard InChI is InChI=1S/C31H45BO3Si/c1-31(2,3)36(27-20-12-6-13-21-27,28-22-14-7-15-23-28)33-24-32-34-29(25-16-8-4-9-17-25)30(35-32)26-18-10-5-11-19-26/h6-7,12-15,20-23,25-26,29-30H,4-5,8-11,16-19,24H2,1-3H3/t29-,30-/m0/s1.